The number of sulfonamides is 1. The van der Waals surface area contributed by atoms with Gasteiger partial charge >= 0.3 is 5.69 Å². The van der Waals surface area contributed by atoms with Gasteiger partial charge in [0.2, 0.25) is 10.0 Å². The molecular formula is C22H20BrN3O5S. The number of benzene rings is 2. The van der Waals surface area contributed by atoms with E-state index in [1.165, 1.54) is 16.8 Å². The van der Waals surface area contributed by atoms with Crippen molar-refractivity contribution in [3.8, 4) is 22.6 Å². The molecule has 0 aliphatic heterocycles. The van der Waals surface area contributed by atoms with E-state index in [9.17, 15) is 18.0 Å². The van der Waals surface area contributed by atoms with E-state index in [-0.39, 0.29) is 6.54 Å². The second-order valence-electron chi connectivity index (χ2n) is 7.39. The monoisotopic (exact) mass is 517 g/mol. The van der Waals surface area contributed by atoms with Gasteiger partial charge in [0.05, 0.1) is 23.5 Å². The Labute approximate surface area is 192 Å². The van der Waals surface area contributed by atoms with Crippen molar-refractivity contribution in [3.05, 3.63) is 85.1 Å². The summed E-state index contributed by atoms with van der Waals surface area (Å²) in [5, 5.41) is 0. The zero-order valence-corrected chi connectivity index (χ0v) is 19.7. The van der Waals surface area contributed by atoms with Crippen molar-refractivity contribution in [2.75, 3.05) is 19.9 Å². The van der Waals surface area contributed by atoms with Crippen molar-refractivity contribution < 1.29 is 13.2 Å². The van der Waals surface area contributed by atoms with Crippen LogP contribution in [0.25, 0.3) is 22.4 Å². The van der Waals surface area contributed by atoms with Gasteiger partial charge in [-0.05, 0) is 56.7 Å². The van der Waals surface area contributed by atoms with Gasteiger partial charge in [-0.25, -0.2) is 17.9 Å². The number of ether oxygens (including phenoxy) is 1. The highest BCUT2D eigenvalue weighted by Crippen LogP contribution is 2.40. The van der Waals surface area contributed by atoms with Crippen molar-refractivity contribution in [2.45, 2.75) is 6.42 Å². The number of hydrogen-bond acceptors (Lipinski definition) is 5. The Morgan fingerprint density at radius 3 is 2.62 bits per heavy atom. The first-order valence-electron chi connectivity index (χ1n) is 9.63. The molecule has 0 spiro atoms. The number of rotatable bonds is 6. The van der Waals surface area contributed by atoms with E-state index in [1.54, 1.807) is 13.2 Å². The molecule has 0 saturated carbocycles. The first-order chi connectivity index (χ1) is 15.2. The summed E-state index contributed by atoms with van der Waals surface area (Å²) in [6, 6.07) is 10.8. The Kier molecular flexibility index (Phi) is 5.93. The third kappa shape index (κ3) is 4.47. The van der Waals surface area contributed by atoms with Crippen LogP contribution in [0.4, 0.5) is 0 Å². The maximum atomic E-state index is 12.3. The largest absolute Gasteiger partial charge is 0.495 e. The summed E-state index contributed by atoms with van der Waals surface area (Å²) < 4.78 is 33.0. The van der Waals surface area contributed by atoms with Crippen molar-refractivity contribution in [2.24, 2.45) is 0 Å². The first-order valence-corrected chi connectivity index (χ1v) is 12.3. The molecule has 2 aromatic carbocycles. The van der Waals surface area contributed by atoms with Gasteiger partial charge in [-0.1, -0.05) is 24.3 Å². The number of halogens is 1. The lowest BCUT2D eigenvalue weighted by Crippen LogP contribution is -2.27. The topological polar surface area (TPSA) is 110 Å². The van der Waals surface area contributed by atoms with Crippen molar-refractivity contribution >= 4 is 31.5 Å². The quantitative estimate of drug-likeness (QED) is 0.521. The standard InChI is InChI=1S/C22H20BrN3O5S/c1-31-21-18(10-16(11-19(21)23)26-8-7-20(27)25-22(26)28)14-5-6-17-13(9-14)3-4-15(17)12-24-32(2,29)30/h4-11,24H,3,12H2,1-2H3,(H,25,27,28). The molecule has 1 aliphatic rings. The lowest BCUT2D eigenvalue weighted by atomic mass is 9.97. The fourth-order valence-electron chi connectivity index (χ4n) is 3.72. The van der Waals surface area contributed by atoms with Crippen LogP contribution < -0.4 is 20.7 Å². The number of methoxy groups -OCH3 is 1. The zero-order valence-electron chi connectivity index (χ0n) is 17.3. The molecule has 0 unspecified atom stereocenters. The Morgan fingerprint density at radius 2 is 1.94 bits per heavy atom. The Balaban J connectivity index is 1.76. The van der Waals surface area contributed by atoms with E-state index >= 15 is 0 Å². The molecule has 0 atom stereocenters. The number of nitrogens with zero attached hydrogens (tertiary/aromatic N) is 1. The van der Waals surface area contributed by atoms with Gasteiger partial charge in [0.15, 0.2) is 0 Å². The minimum absolute atomic E-state index is 0.241. The normalized spacial score (nSPS) is 13.0. The lowest BCUT2D eigenvalue weighted by molar-refractivity contribution is 0.413. The third-order valence-corrected chi connectivity index (χ3v) is 6.45. The summed E-state index contributed by atoms with van der Waals surface area (Å²) in [7, 11) is -1.71. The van der Waals surface area contributed by atoms with E-state index in [0.717, 1.165) is 34.1 Å². The Bertz CT molecular complexity index is 1470. The van der Waals surface area contributed by atoms with Crippen molar-refractivity contribution in [1.29, 1.82) is 0 Å². The third-order valence-electron chi connectivity index (χ3n) is 5.19. The molecule has 2 N–H and O–H groups in total. The molecule has 3 aromatic rings. The molecule has 8 nitrogen and oxygen atoms in total. The molecule has 0 fully saturated rings. The minimum atomic E-state index is -3.28. The predicted octanol–water partition coefficient (Wildman–Crippen LogP) is 2.45. The fourth-order valence-corrected chi connectivity index (χ4v) is 4.75. The SMILES string of the molecule is COc1c(Br)cc(-n2ccc(=O)[nH]c2=O)cc1-c1ccc2c(c1)CC=C2CNS(C)(=O)=O. The highest BCUT2D eigenvalue weighted by Gasteiger charge is 2.19. The Hall–Kier alpha value is -2.95. The van der Waals surface area contributed by atoms with Gasteiger partial charge in [-0.15, -0.1) is 0 Å². The molecule has 0 bridgehead atoms. The number of aromatic amines is 1. The van der Waals surface area contributed by atoms with Gasteiger partial charge in [0.1, 0.15) is 5.75 Å². The number of fused-ring (bicyclic) bond motifs is 1. The van der Waals surface area contributed by atoms with E-state index < -0.39 is 21.3 Å². The molecule has 1 heterocycles. The molecular weight excluding hydrogens is 498 g/mol. The van der Waals surface area contributed by atoms with Crippen LogP contribution in [0.2, 0.25) is 0 Å². The van der Waals surface area contributed by atoms with Crippen LogP contribution in [0.15, 0.2) is 62.7 Å². The van der Waals surface area contributed by atoms with Crippen molar-refractivity contribution in [3.63, 3.8) is 0 Å². The van der Waals surface area contributed by atoms with Crippen LogP contribution in [0.1, 0.15) is 11.1 Å². The number of hydrogen-bond donors (Lipinski definition) is 2. The summed E-state index contributed by atoms with van der Waals surface area (Å²) in [5.41, 5.74) is 4.19. The average Bonchev–Trinajstić information content (AvgIpc) is 3.13. The lowest BCUT2D eigenvalue weighted by Gasteiger charge is -2.16. The second-order valence-corrected chi connectivity index (χ2v) is 10.1. The summed E-state index contributed by atoms with van der Waals surface area (Å²) in [6.07, 6.45) is 5.26. The summed E-state index contributed by atoms with van der Waals surface area (Å²) in [6.45, 7) is 0.241. The van der Waals surface area contributed by atoms with E-state index in [2.05, 4.69) is 25.6 Å². The van der Waals surface area contributed by atoms with Crippen LogP contribution in [0.3, 0.4) is 0 Å². The van der Waals surface area contributed by atoms with Gasteiger partial charge in [-0.3, -0.25) is 14.3 Å². The smallest absolute Gasteiger partial charge is 0.332 e. The van der Waals surface area contributed by atoms with Crippen LogP contribution in [0, 0.1) is 0 Å². The predicted molar refractivity (Wildman–Crippen MR) is 127 cm³/mol. The average molecular weight is 518 g/mol. The minimum Gasteiger partial charge on any atom is -0.495 e. The molecule has 32 heavy (non-hydrogen) atoms. The molecule has 0 saturated heterocycles. The van der Waals surface area contributed by atoms with Crippen LogP contribution in [-0.2, 0) is 16.4 Å². The molecule has 1 aromatic heterocycles. The maximum absolute atomic E-state index is 12.3. The molecule has 1 aliphatic carbocycles. The van der Waals surface area contributed by atoms with Crippen LogP contribution >= 0.6 is 15.9 Å². The second kappa shape index (κ2) is 8.53. The van der Waals surface area contributed by atoms with Gasteiger partial charge in [0.25, 0.3) is 5.56 Å². The molecule has 0 amide bonds. The number of allylic oxidation sites excluding steroid dienone is 1. The van der Waals surface area contributed by atoms with Gasteiger partial charge in [0, 0.05) is 24.4 Å². The van der Waals surface area contributed by atoms with E-state index in [1.807, 2.05) is 30.3 Å². The van der Waals surface area contributed by atoms with Crippen LogP contribution in [0.5, 0.6) is 5.75 Å². The Morgan fingerprint density at radius 1 is 1.16 bits per heavy atom. The highest BCUT2D eigenvalue weighted by molar-refractivity contribution is 9.10. The summed E-state index contributed by atoms with van der Waals surface area (Å²) in [5.74, 6) is 0.607. The van der Waals surface area contributed by atoms with Crippen LogP contribution in [-0.4, -0.2) is 37.9 Å². The van der Waals surface area contributed by atoms with Gasteiger partial charge in [-0.2, -0.15) is 0 Å². The summed E-state index contributed by atoms with van der Waals surface area (Å²) in [4.78, 5) is 26.0. The first kappa shape index (κ1) is 22.3. The number of H-pyrrole nitrogens is 1. The van der Waals surface area contributed by atoms with Gasteiger partial charge < -0.3 is 4.74 Å². The molecule has 0 radical (unpaired) electrons. The van der Waals surface area contributed by atoms with E-state index in [4.69, 9.17) is 4.74 Å². The molecule has 166 valence electrons. The number of aromatic nitrogens is 2. The van der Waals surface area contributed by atoms with E-state index in [0.29, 0.717) is 22.3 Å². The molecule has 4 rings (SSSR count). The zero-order chi connectivity index (χ0) is 23.0. The molecule has 10 heteroatoms. The summed E-state index contributed by atoms with van der Waals surface area (Å²) >= 11 is 3.52. The fraction of sp³-hybridized carbons (Fsp3) is 0.182. The highest BCUT2D eigenvalue weighted by atomic mass is 79.9. The number of nitrogens with one attached hydrogen (secondary N) is 2. The van der Waals surface area contributed by atoms with Crippen molar-refractivity contribution in [1.82, 2.24) is 14.3 Å². The maximum Gasteiger partial charge on any atom is 0.332 e.